The molecule has 20 heavy (non-hydrogen) atoms. The second-order valence-electron chi connectivity index (χ2n) is 5.76. The SMILES string of the molecule is C1CCCC1.CCN(CC)[SiH2]C.CNCC(C)N(C)C. The quantitative estimate of drug-likeness (QED) is 0.761. The molecule has 3 nitrogen and oxygen atoms in total. The molecule has 1 N–H and O–H groups in total. The lowest BCUT2D eigenvalue weighted by Gasteiger charge is -2.18. The Morgan fingerprint density at radius 1 is 1.00 bits per heavy atom. The maximum absolute atomic E-state index is 3.11. The van der Waals surface area contributed by atoms with Crippen LogP contribution in [-0.2, 0) is 0 Å². The van der Waals surface area contributed by atoms with Crippen molar-refractivity contribution >= 4 is 9.68 Å². The molecule has 0 heterocycles. The molecule has 1 fully saturated rings. The zero-order valence-corrected chi connectivity index (χ0v) is 16.7. The fourth-order valence-electron chi connectivity index (χ4n) is 2.03. The van der Waals surface area contributed by atoms with Crippen molar-refractivity contribution in [1.29, 1.82) is 0 Å². The van der Waals surface area contributed by atoms with Crippen LogP contribution in [0.15, 0.2) is 0 Å². The lowest BCUT2D eigenvalue weighted by atomic mass is 10.3. The predicted octanol–water partition coefficient (Wildman–Crippen LogP) is 2.57. The van der Waals surface area contributed by atoms with Gasteiger partial charge in [-0.2, -0.15) is 0 Å². The first kappa shape index (κ1) is 22.4. The molecule has 0 aliphatic heterocycles. The molecular formula is C16H41N3Si. The number of nitrogens with zero attached hydrogens (tertiary/aromatic N) is 2. The van der Waals surface area contributed by atoms with E-state index in [4.69, 9.17) is 0 Å². The van der Waals surface area contributed by atoms with Crippen molar-refractivity contribution < 1.29 is 0 Å². The molecule has 1 saturated carbocycles. The van der Waals surface area contributed by atoms with Gasteiger partial charge in [0.15, 0.2) is 0 Å². The van der Waals surface area contributed by atoms with Gasteiger partial charge in [0.05, 0.1) is 9.68 Å². The van der Waals surface area contributed by atoms with Gasteiger partial charge in [-0.15, -0.1) is 0 Å². The molecular weight excluding hydrogens is 262 g/mol. The highest BCUT2D eigenvalue weighted by molar-refractivity contribution is 6.29. The molecule has 1 rings (SSSR count). The molecule has 4 heteroatoms. The van der Waals surface area contributed by atoms with Crippen molar-refractivity contribution in [2.75, 3.05) is 40.8 Å². The highest BCUT2D eigenvalue weighted by atomic mass is 28.2. The molecule has 0 saturated heterocycles. The Kier molecular flexibility index (Phi) is 19.2. The van der Waals surface area contributed by atoms with Crippen LogP contribution in [0, 0.1) is 0 Å². The average molecular weight is 304 g/mol. The maximum atomic E-state index is 3.11. The van der Waals surface area contributed by atoms with Gasteiger partial charge in [0.25, 0.3) is 0 Å². The second kappa shape index (κ2) is 17.1. The third kappa shape index (κ3) is 16.2. The molecule has 0 radical (unpaired) electrons. The van der Waals surface area contributed by atoms with Crippen molar-refractivity contribution in [3.05, 3.63) is 0 Å². The molecule has 0 aromatic heterocycles. The van der Waals surface area contributed by atoms with E-state index in [-0.39, 0.29) is 9.68 Å². The molecule has 0 spiro atoms. The number of nitrogens with one attached hydrogen (secondary N) is 1. The minimum absolute atomic E-state index is 0.161. The summed E-state index contributed by atoms with van der Waals surface area (Å²) in [7, 11) is 6.30. The lowest BCUT2D eigenvalue weighted by Crippen LogP contribution is -2.33. The van der Waals surface area contributed by atoms with Gasteiger partial charge in [0.1, 0.15) is 0 Å². The minimum Gasteiger partial charge on any atom is -0.330 e. The summed E-state index contributed by atoms with van der Waals surface area (Å²) in [4.78, 5) is 2.19. The fraction of sp³-hybridized carbons (Fsp3) is 1.00. The van der Waals surface area contributed by atoms with Crippen molar-refractivity contribution in [1.82, 2.24) is 14.8 Å². The topological polar surface area (TPSA) is 18.5 Å². The lowest BCUT2D eigenvalue weighted by molar-refractivity contribution is 0.308. The first-order valence-corrected chi connectivity index (χ1v) is 10.6. The summed E-state index contributed by atoms with van der Waals surface area (Å²) >= 11 is 0. The second-order valence-corrected chi connectivity index (χ2v) is 7.28. The minimum atomic E-state index is 0.161. The molecule has 0 bridgehead atoms. The third-order valence-electron chi connectivity index (χ3n) is 3.97. The van der Waals surface area contributed by atoms with E-state index in [1.165, 1.54) is 45.2 Å². The summed E-state index contributed by atoms with van der Waals surface area (Å²) in [6.07, 6.45) is 7.50. The van der Waals surface area contributed by atoms with Crippen LogP contribution in [0.1, 0.15) is 52.9 Å². The Morgan fingerprint density at radius 3 is 1.50 bits per heavy atom. The van der Waals surface area contributed by atoms with Crippen molar-refractivity contribution in [2.24, 2.45) is 0 Å². The third-order valence-corrected chi connectivity index (χ3v) is 5.76. The van der Waals surface area contributed by atoms with Crippen LogP contribution >= 0.6 is 0 Å². The largest absolute Gasteiger partial charge is 0.330 e. The Balaban J connectivity index is 0. The van der Waals surface area contributed by atoms with Gasteiger partial charge < -0.3 is 14.8 Å². The van der Waals surface area contributed by atoms with Crippen LogP contribution in [0.2, 0.25) is 6.55 Å². The van der Waals surface area contributed by atoms with Crippen LogP contribution in [-0.4, -0.2) is 66.0 Å². The molecule has 1 atom stereocenters. The number of likely N-dealkylation sites (N-methyl/N-ethyl adjacent to an activating group) is 2. The van der Waals surface area contributed by atoms with E-state index < -0.39 is 0 Å². The molecule has 0 aromatic rings. The normalized spacial score (nSPS) is 16.1. The summed E-state index contributed by atoms with van der Waals surface area (Å²) in [5.41, 5.74) is 0. The Labute approximate surface area is 131 Å². The molecule has 0 amide bonds. The van der Waals surface area contributed by atoms with Crippen molar-refractivity contribution in [2.45, 2.75) is 65.5 Å². The van der Waals surface area contributed by atoms with E-state index in [1.54, 1.807) is 0 Å². The molecule has 1 unspecified atom stereocenters. The Bertz CT molecular complexity index is 156. The first-order chi connectivity index (χ1) is 9.53. The van der Waals surface area contributed by atoms with Crippen molar-refractivity contribution in [3.8, 4) is 0 Å². The van der Waals surface area contributed by atoms with Gasteiger partial charge in [-0.1, -0.05) is 52.5 Å². The molecule has 1 aliphatic carbocycles. The van der Waals surface area contributed by atoms with E-state index in [9.17, 15) is 0 Å². The van der Waals surface area contributed by atoms with Crippen LogP contribution in [0.4, 0.5) is 0 Å². The average Bonchev–Trinajstić information content (AvgIpc) is 3.01. The van der Waals surface area contributed by atoms with Crippen LogP contribution in [0.3, 0.4) is 0 Å². The highest BCUT2D eigenvalue weighted by Gasteiger charge is 1.99. The zero-order valence-electron chi connectivity index (χ0n) is 15.3. The smallest absolute Gasteiger partial charge is 0.0919 e. The van der Waals surface area contributed by atoms with Crippen LogP contribution in [0.25, 0.3) is 0 Å². The van der Waals surface area contributed by atoms with E-state index in [1.807, 2.05) is 7.05 Å². The maximum Gasteiger partial charge on any atom is 0.0919 e. The van der Waals surface area contributed by atoms with E-state index >= 15 is 0 Å². The van der Waals surface area contributed by atoms with E-state index in [0.29, 0.717) is 6.04 Å². The Hall–Kier alpha value is 0.0969. The van der Waals surface area contributed by atoms with Crippen LogP contribution in [0.5, 0.6) is 0 Å². The van der Waals surface area contributed by atoms with E-state index in [0.717, 1.165) is 6.54 Å². The van der Waals surface area contributed by atoms with Gasteiger partial charge in [0, 0.05) is 12.6 Å². The Morgan fingerprint density at radius 2 is 1.40 bits per heavy atom. The number of hydrogen-bond acceptors (Lipinski definition) is 3. The zero-order chi connectivity index (χ0) is 15.8. The van der Waals surface area contributed by atoms with Gasteiger partial charge in [-0.05, 0) is 41.2 Å². The first-order valence-electron chi connectivity index (χ1n) is 8.56. The summed E-state index contributed by atoms with van der Waals surface area (Å²) < 4.78 is 2.51. The van der Waals surface area contributed by atoms with Gasteiger partial charge in [-0.3, -0.25) is 0 Å². The molecule has 1 aliphatic rings. The molecule has 124 valence electrons. The summed E-state index contributed by atoms with van der Waals surface area (Å²) in [6, 6.07) is 0.639. The number of rotatable bonds is 6. The number of hydrogen-bond donors (Lipinski definition) is 1. The van der Waals surface area contributed by atoms with Gasteiger partial charge in [0.2, 0.25) is 0 Å². The van der Waals surface area contributed by atoms with E-state index in [2.05, 4.69) is 56.2 Å². The summed E-state index contributed by atoms with van der Waals surface area (Å²) in [5.74, 6) is 0. The van der Waals surface area contributed by atoms with Gasteiger partial charge >= 0.3 is 0 Å². The summed E-state index contributed by atoms with van der Waals surface area (Å²) in [6.45, 7) is 12.5. The highest BCUT2D eigenvalue weighted by Crippen LogP contribution is 2.15. The predicted molar refractivity (Wildman–Crippen MR) is 97.5 cm³/mol. The summed E-state index contributed by atoms with van der Waals surface area (Å²) in [5, 5.41) is 3.11. The fourth-order valence-corrected chi connectivity index (χ4v) is 2.93. The standard InChI is InChI=1S/C6H16N2.C5H15NSi.C5H10/c1-6(5-7-2)8(3)4;1-4-6(5-2)7-3;1-2-4-5-3-1/h6-7H,5H2,1-4H3;4-5,7H2,1-3H3;1-5H2. The molecule has 0 aromatic carbocycles. The monoisotopic (exact) mass is 303 g/mol. The van der Waals surface area contributed by atoms with Crippen LogP contribution < -0.4 is 5.32 Å². The van der Waals surface area contributed by atoms with Gasteiger partial charge in [-0.25, -0.2) is 0 Å². The van der Waals surface area contributed by atoms with Crippen molar-refractivity contribution in [3.63, 3.8) is 0 Å².